The minimum absolute atomic E-state index is 0.387. The van der Waals surface area contributed by atoms with Gasteiger partial charge in [0.15, 0.2) is 5.11 Å². The Balaban J connectivity index is 2.04. The molecule has 5 nitrogen and oxygen atoms in total. The highest BCUT2D eigenvalue weighted by Gasteiger charge is 2.13. The Morgan fingerprint density at radius 3 is 2.56 bits per heavy atom. The van der Waals surface area contributed by atoms with E-state index in [-0.39, 0.29) is 0 Å². The lowest BCUT2D eigenvalue weighted by molar-refractivity contribution is 0.0597. The van der Waals surface area contributed by atoms with Gasteiger partial charge in [0, 0.05) is 12.2 Å². The number of hydrogen-bond donors (Lipinski definition) is 2. The van der Waals surface area contributed by atoms with Gasteiger partial charge in [-0.2, -0.15) is 0 Å². The van der Waals surface area contributed by atoms with Gasteiger partial charge in [0.25, 0.3) is 0 Å². The second-order valence-electron chi connectivity index (χ2n) is 5.65. The van der Waals surface area contributed by atoms with Crippen LogP contribution in [0.2, 0.25) is 0 Å². The Hall–Kier alpha value is -2.60. The molecular weight excluding hydrogens is 336 g/mol. The van der Waals surface area contributed by atoms with E-state index in [1.54, 1.807) is 12.1 Å². The van der Waals surface area contributed by atoms with E-state index >= 15 is 0 Å². The fourth-order valence-electron chi connectivity index (χ4n) is 2.35. The van der Waals surface area contributed by atoms with Crippen LogP contribution in [0.3, 0.4) is 0 Å². The molecule has 25 heavy (non-hydrogen) atoms. The molecule has 0 aliphatic heterocycles. The number of rotatable bonds is 5. The van der Waals surface area contributed by atoms with Gasteiger partial charge in [-0.05, 0) is 61.0 Å². The number of nitrogens with one attached hydrogen (secondary N) is 2. The molecule has 6 heteroatoms. The summed E-state index contributed by atoms with van der Waals surface area (Å²) in [5.74, 6) is 0.0430. The first-order valence-electron chi connectivity index (χ1n) is 7.82. The average molecular weight is 358 g/mol. The Labute approximate surface area is 153 Å². The van der Waals surface area contributed by atoms with Crippen molar-refractivity contribution in [2.45, 2.75) is 20.4 Å². The van der Waals surface area contributed by atoms with E-state index in [0.29, 0.717) is 23.0 Å². The van der Waals surface area contributed by atoms with Crippen LogP contribution < -0.4 is 15.4 Å². The Bertz CT molecular complexity index is 790. The smallest absolute Gasteiger partial charge is 0.341 e. The van der Waals surface area contributed by atoms with E-state index in [1.165, 1.54) is 14.2 Å². The first-order chi connectivity index (χ1) is 11.9. The summed E-state index contributed by atoms with van der Waals surface area (Å²) in [7, 11) is 2.86. The van der Waals surface area contributed by atoms with Crippen LogP contribution in [0.4, 0.5) is 5.69 Å². The van der Waals surface area contributed by atoms with Crippen molar-refractivity contribution in [2.75, 3.05) is 19.5 Å². The largest absolute Gasteiger partial charge is 0.496 e. The van der Waals surface area contributed by atoms with E-state index in [9.17, 15) is 4.79 Å². The molecule has 0 unspecified atom stereocenters. The molecule has 0 heterocycles. The van der Waals surface area contributed by atoms with Crippen molar-refractivity contribution in [3.63, 3.8) is 0 Å². The Kier molecular flexibility index (Phi) is 6.36. The molecule has 132 valence electrons. The van der Waals surface area contributed by atoms with Crippen molar-refractivity contribution in [1.82, 2.24) is 5.32 Å². The van der Waals surface area contributed by atoms with Crippen LogP contribution in [0.5, 0.6) is 5.75 Å². The van der Waals surface area contributed by atoms with Crippen LogP contribution in [0.15, 0.2) is 36.4 Å². The molecule has 0 bridgehead atoms. The number of thiocarbonyl (C=S) groups is 1. The van der Waals surface area contributed by atoms with Crippen molar-refractivity contribution in [3.05, 3.63) is 58.7 Å². The number of carbonyl (C=O) groups excluding carboxylic acids is 1. The highest BCUT2D eigenvalue weighted by molar-refractivity contribution is 7.80. The van der Waals surface area contributed by atoms with Gasteiger partial charge < -0.3 is 20.1 Å². The van der Waals surface area contributed by atoms with Gasteiger partial charge in [0.1, 0.15) is 11.3 Å². The minimum atomic E-state index is -0.435. The molecule has 2 N–H and O–H groups in total. The molecule has 0 aliphatic rings. The van der Waals surface area contributed by atoms with Gasteiger partial charge in [0.2, 0.25) is 0 Å². The summed E-state index contributed by atoms with van der Waals surface area (Å²) in [4.78, 5) is 11.8. The minimum Gasteiger partial charge on any atom is -0.496 e. The number of hydrogen-bond acceptors (Lipinski definition) is 4. The lowest BCUT2D eigenvalue weighted by atomic mass is 10.1. The first kappa shape index (κ1) is 18.7. The zero-order chi connectivity index (χ0) is 18.4. The lowest BCUT2D eigenvalue weighted by Crippen LogP contribution is -2.28. The third-order valence-corrected chi connectivity index (χ3v) is 4.01. The second kappa shape index (κ2) is 8.48. The number of ether oxygens (including phenoxy) is 2. The van der Waals surface area contributed by atoms with Crippen LogP contribution in [-0.2, 0) is 11.3 Å². The number of aryl methyl sites for hydroxylation is 2. The highest BCUT2D eigenvalue weighted by Crippen LogP contribution is 2.21. The predicted octanol–water partition coefficient (Wildman–Crippen LogP) is 3.59. The molecule has 0 aliphatic carbocycles. The molecule has 0 saturated heterocycles. The Morgan fingerprint density at radius 1 is 1.12 bits per heavy atom. The van der Waals surface area contributed by atoms with E-state index in [2.05, 4.69) is 16.7 Å². The van der Waals surface area contributed by atoms with E-state index in [0.717, 1.165) is 22.4 Å². The highest BCUT2D eigenvalue weighted by atomic mass is 32.1. The second-order valence-corrected chi connectivity index (χ2v) is 6.06. The molecule has 0 spiro atoms. The number of methoxy groups -OCH3 is 2. The predicted molar refractivity (Wildman–Crippen MR) is 103 cm³/mol. The molecular formula is C19H22N2O3S. The molecule has 2 rings (SSSR count). The maximum Gasteiger partial charge on any atom is 0.341 e. The van der Waals surface area contributed by atoms with Gasteiger partial charge in [0.05, 0.1) is 14.2 Å². The summed E-state index contributed by atoms with van der Waals surface area (Å²) in [5.41, 5.74) is 4.53. The fourth-order valence-corrected chi connectivity index (χ4v) is 2.54. The third-order valence-electron chi connectivity index (χ3n) is 3.76. The van der Waals surface area contributed by atoms with Crippen molar-refractivity contribution >= 4 is 29.0 Å². The third kappa shape index (κ3) is 4.93. The molecule has 0 radical (unpaired) electrons. The van der Waals surface area contributed by atoms with Crippen molar-refractivity contribution in [1.29, 1.82) is 0 Å². The van der Waals surface area contributed by atoms with Crippen molar-refractivity contribution in [3.8, 4) is 5.75 Å². The maximum absolute atomic E-state index is 11.8. The van der Waals surface area contributed by atoms with E-state index in [4.69, 9.17) is 21.7 Å². The number of benzene rings is 2. The van der Waals surface area contributed by atoms with Gasteiger partial charge in [-0.15, -0.1) is 0 Å². The summed E-state index contributed by atoms with van der Waals surface area (Å²) in [6.45, 7) is 4.54. The van der Waals surface area contributed by atoms with Crippen LogP contribution in [0.25, 0.3) is 0 Å². The van der Waals surface area contributed by atoms with E-state index < -0.39 is 5.97 Å². The quantitative estimate of drug-likeness (QED) is 0.629. The van der Waals surface area contributed by atoms with Gasteiger partial charge >= 0.3 is 5.97 Å². The first-order valence-corrected chi connectivity index (χ1v) is 8.22. The van der Waals surface area contributed by atoms with Gasteiger partial charge in [-0.3, -0.25) is 0 Å². The summed E-state index contributed by atoms with van der Waals surface area (Å²) in [6.07, 6.45) is 0. The summed E-state index contributed by atoms with van der Waals surface area (Å²) >= 11 is 5.36. The molecule has 0 saturated carbocycles. The summed E-state index contributed by atoms with van der Waals surface area (Å²) in [6, 6.07) is 11.5. The van der Waals surface area contributed by atoms with Crippen LogP contribution in [0.1, 0.15) is 27.0 Å². The summed E-state index contributed by atoms with van der Waals surface area (Å²) in [5, 5.41) is 6.86. The van der Waals surface area contributed by atoms with E-state index in [1.807, 2.05) is 32.0 Å². The maximum atomic E-state index is 11.8. The SMILES string of the molecule is COC(=O)c1cc(CNC(=S)Nc2cc(C)ccc2C)ccc1OC. The van der Waals surface area contributed by atoms with Crippen LogP contribution >= 0.6 is 12.2 Å². The van der Waals surface area contributed by atoms with Crippen molar-refractivity contribution < 1.29 is 14.3 Å². The standard InChI is InChI=1S/C19H22N2O3S/c1-12-5-6-13(2)16(9-12)21-19(25)20-11-14-7-8-17(23-3)15(10-14)18(22)24-4/h5-10H,11H2,1-4H3,(H2,20,21,25). The molecule has 2 aromatic carbocycles. The zero-order valence-corrected chi connectivity index (χ0v) is 15.6. The monoisotopic (exact) mass is 358 g/mol. The lowest BCUT2D eigenvalue weighted by Gasteiger charge is -2.14. The summed E-state index contributed by atoms with van der Waals surface area (Å²) < 4.78 is 9.98. The topological polar surface area (TPSA) is 59.6 Å². The molecule has 0 fully saturated rings. The number of carbonyl (C=O) groups is 1. The van der Waals surface area contributed by atoms with Gasteiger partial charge in [-0.1, -0.05) is 18.2 Å². The van der Waals surface area contributed by atoms with Gasteiger partial charge in [-0.25, -0.2) is 4.79 Å². The van der Waals surface area contributed by atoms with Crippen LogP contribution in [-0.4, -0.2) is 25.3 Å². The fraction of sp³-hybridized carbons (Fsp3) is 0.263. The van der Waals surface area contributed by atoms with Crippen LogP contribution in [0, 0.1) is 13.8 Å². The number of esters is 1. The number of anilines is 1. The molecule has 2 aromatic rings. The normalized spacial score (nSPS) is 10.1. The molecule has 0 atom stereocenters. The molecule has 0 amide bonds. The zero-order valence-electron chi connectivity index (χ0n) is 14.8. The Morgan fingerprint density at radius 2 is 1.88 bits per heavy atom. The average Bonchev–Trinajstić information content (AvgIpc) is 2.62. The molecule has 0 aromatic heterocycles. The van der Waals surface area contributed by atoms with Crippen molar-refractivity contribution in [2.24, 2.45) is 0 Å².